The van der Waals surface area contributed by atoms with Gasteiger partial charge in [0.1, 0.15) is 11.6 Å². The number of halogens is 1. The number of hydrogen-bond acceptors (Lipinski definition) is 3. The molecule has 0 spiro atoms. The van der Waals surface area contributed by atoms with Crippen molar-refractivity contribution in [3.05, 3.63) is 29.1 Å². The zero-order valence-electron chi connectivity index (χ0n) is 9.50. The largest absolute Gasteiger partial charge is 0.497 e. The van der Waals surface area contributed by atoms with E-state index in [0.717, 1.165) is 17.5 Å². The summed E-state index contributed by atoms with van der Waals surface area (Å²) in [6, 6.07) is 3.20. The van der Waals surface area contributed by atoms with Crippen LogP contribution >= 0.6 is 11.8 Å². The van der Waals surface area contributed by atoms with Gasteiger partial charge in [-0.3, -0.25) is 0 Å². The van der Waals surface area contributed by atoms with Crippen LogP contribution < -0.4 is 10.5 Å². The van der Waals surface area contributed by atoms with Gasteiger partial charge in [0, 0.05) is 28.7 Å². The van der Waals surface area contributed by atoms with Gasteiger partial charge >= 0.3 is 0 Å². The first-order valence-electron chi connectivity index (χ1n) is 5.35. The van der Waals surface area contributed by atoms with Gasteiger partial charge in [0.25, 0.3) is 0 Å². The lowest BCUT2D eigenvalue weighted by molar-refractivity contribution is 0.409. The Morgan fingerprint density at radius 1 is 1.50 bits per heavy atom. The van der Waals surface area contributed by atoms with E-state index in [1.165, 1.54) is 6.07 Å². The fourth-order valence-corrected chi connectivity index (χ4v) is 3.11. The third kappa shape index (κ3) is 2.18. The summed E-state index contributed by atoms with van der Waals surface area (Å²) in [6.07, 6.45) is 0.879. The van der Waals surface area contributed by atoms with E-state index in [2.05, 4.69) is 6.92 Å². The molecular formula is C12H16FNOS. The number of rotatable bonds is 1. The van der Waals surface area contributed by atoms with Crippen LogP contribution in [-0.2, 0) is 5.75 Å². The maximum absolute atomic E-state index is 13.9. The van der Waals surface area contributed by atoms with E-state index in [1.807, 2.05) is 6.07 Å². The van der Waals surface area contributed by atoms with Crippen LogP contribution in [0, 0.1) is 5.82 Å². The smallest absolute Gasteiger partial charge is 0.131 e. The van der Waals surface area contributed by atoms with Gasteiger partial charge in [0.05, 0.1) is 7.11 Å². The van der Waals surface area contributed by atoms with Crippen LogP contribution in [0.1, 0.15) is 30.5 Å². The van der Waals surface area contributed by atoms with Crippen LogP contribution in [0.2, 0.25) is 0 Å². The second-order valence-corrected chi connectivity index (χ2v) is 5.57. The normalized spacial score (nSPS) is 24.8. The fraction of sp³-hybridized carbons (Fsp3) is 0.500. The zero-order valence-corrected chi connectivity index (χ0v) is 10.3. The van der Waals surface area contributed by atoms with Crippen LogP contribution in [0.4, 0.5) is 4.39 Å². The Kier molecular flexibility index (Phi) is 3.40. The van der Waals surface area contributed by atoms with Crippen molar-refractivity contribution < 1.29 is 9.13 Å². The number of ether oxygens (including phenoxy) is 1. The average Bonchev–Trinajstić information content (AvgIpc) is 2.39. The molecule has 0 fully saturated rings. The number of hydrogen-bond donors (Lipinski definition) is 1. The zero-order chi connectivity index (χ0) is 11.7. The predicted octanol–water partition coefficient (Wildman–Crippen LogP) is 2.86. The topological polar surface area (TPSA) is 35.2 Å². The quantitative estimate of drug-likeness (QED) is 0.821. The molecule has 4 heteroatoms. The van der Waals surface area contributed by atoms with Crippen molar-refractivity contribution in [2.45, 2.75) is 30.4 Å². The summed E-state index contributed by atoms with van der Waals surface area (Å²) in [4.78, 5) is 0. The van der Waals surface area contributed by atoms with Crippen molar-refractivity contribution in [2.24, 2.45) is 5.73 Å². The van der Waals surface area contributed by atoms with Gasteiger partial charge < -0.3 is 10.5 Å². The number of benzene rings is 1. The van der Waals surface area contributed by atoms with Crippen molar-refractivity contribution in [3.8, 4) is 5.75 Å². The molecule has 0 saturated heterocycles. The molecule has 0 aromatic heterocycles. The molecule has 88 valence electrons. The summed E-state index contributed by atoms with van der Waals surface area (Å²) in [5.41, 5.74) is 7.73. The molecule has 0 saturated carbocycles. The maximum Gasteiger partial charge on any atom is 0.131 e. The molecule has 0 amide bonds. The summed E-state index contributed by atoms with van der Waals surface area (Å²) in [7, 11) is 1.54. The highest BCUT2D eigenvalue weighted by molar-refractivity contribution is 7.99. The van der Waals surface area contributed by atoms with Crippen LogP contribution in [-0.4, -0.2) is 12.4 Å². The number of nitrogens with two attached hydrogens (primary N) is 1. The molecule has 1 heterocycles. The Hall–Kier alpha value is -0.740. The third-order valence-corrected chi connectivity index (χ3v) is 4.15. The maximum atomic E-state index is 13.9. The molecule has 2 N–H and O–H groups in total. The summed E-state index contributed by atoms with van der Waals surface area (Å²) >= 11 is 1.75. The van der Waals surface area contributed by atoms with E-state index in [0.29, 0.717) is 16.8 Å². The Bertz CT molecular complexity index is 397. The molecule has 0 radical (unpaired) electrons. The van der Waals surface area contributed by atoms with E-state index in [1.54, 1.807) is 18.9 Å². The third-order valence-electron chi connectivity index (χ3n) is 2.94. The summed E-state index contributed by atoms with van der Waals surface area (Å²) in [5.74, 6) is 1.04. The lowest BCUT2D eigenvalue weighted by atomic mass is 9.98. The van der Waals surface area contributed by atoms with E-state index in [4.69, 9.17) is 10.5 Å². The average molecular weight is 241 g/mol. The SMILES string of the molecule is COc1cc(F)c2c(c1)C(N)CC(C)SC2. The van der Waals surface area contributed by atoms with Gasteiger partial charge in [-0.2, -0.15) is 11.8 Å². The first-order valence-corrected chi connectivity index (χ1v) is 6.40. The minimum absolute atomic E-state index is 0.0930. The Morgan fingerprint density at radius 3 is 2.94 bits per heavy atom. The molecule has 1 aromatic carbocycles. The Morgan fingerprint density at radius 2 is 2.25 bits per heavy atom. The van der Waals surface area contributed by atoms with Gasteiger partial charge in [-0.1, -0.05) is 6.92 Å². The molecule has 0 bridgehead atoms. The summed E-state index contributed by atoms with van der Waals surface area (Å²) in [6.45, 7) is 2.13. The van der Waals surface area contributed by atoms with Crippen LogP contribution in [0.3, 0.4) is 0 Å². The Balaban J connectivity index is 2.47. The van der Waals surface area contributed by atoms with Crippen molar-refractivity contribution in [2.75, 3.05) is 7.11 Å². The molecule has 0 aliphatic carbocycles. The van der Waals surface area contributed by atoms with Gasteiger partial charge in [-0.15, -0.1) is 0 Å². The van der Waals surface area contributed by atoms with Gasteiger partial charge in [0.2, 0.25) is 0 Å². The standard InChI is InChI=1S/C12H16FNOS/c1-7-3-12(14)9-4-8(15-2)5-11(13)10(9)6-16-7/h4-5,7,12H,3,6,14H2,1-2H3. The first kappa shape index (κ1) is 11.7. The highest BCUT2D eigenvalue weighted by atomic mass is 32.2. The van der Waals surface area contributed by atoms with E-state index >= 15 is 0 Å². The molecule has 2 unspecified atom stereocenters. The second-order valence-electron chi connectivity index (χ2n) is 4.14. The molecule has 1 aliphatic rings. The van der Waals surface area contributed by atoms with Crippen LogP contribution in [0.25, 0.3) is 0 Å². The number of methoxy groups -OCH3 is 1. The lowest BCUT2D eigenvalue weighted by Gasteiger charge is -2.15. The minimum atomic E-state index is -0.202. The van der Waals surface area contributed by atoms with Crippen LogP contribution in [0.15, 0.2) is 12.1 Å². The molecule has 16 heavy (non-hydrogen) atoms. The predicted molar refractivity (Wildman–Crippen MR) is 65.3 cm³/mol. The lowest BCUT2D eigenvalue weighted by Crippen LogP contribution is -2.14. The molecule has 1 aromatic rings. The van der Waals surface area contributed by atoms with Crippen molar-refractivity contribution in [3.63, 3.8) is 0 Å². The monoisotopic (exact) mass is 241 g/mol. The van der Waals surface area contributed by atoms with E-state index in [9.17, 15) is 4.39 Å². The number of thioether (sulfide) groups is 1. The minimum Gasteiger partial charge on any atom is -0.497 e. The highest BCUT2D eigenvalue weighted by Crippen LogP contribution is 2.36. The van der Waals surface area contributed by atoms with Gasteiger partial charge in [0.15, 0.2) is 0 Å². The summed E-state index contributed by atoms with van der Waals surface area (Å²) < 4.78 is 18.9. The van der Waals surface area contributed by atoms with Crippen molar-refractivity contribution >= 4 is 11.8 Å². The van der Waals surface area contributed by atoms with Gasteiger partial charge in [-0.05, 0) is 18.1 Å². The molecule has 1 aliphatic heterocycles. The van der Waals surface area contributed by atoms with Crippen molar-refractivity contribution in [1.29, 1.82) is 0 Å². The van der Waals surface area contributed by atoms with Crippen LogP contribution in [0.5, 0.6) is 5.75 Å². The number of fused-ring (bicyclic) bond motifs is 1. The van der Waals surface area contributed by atoms with E-state index in [-0.39, 0.29) is 11.9 Å². The summed E-state index contributed by atoms with van der Waals surface area (Å²) in [5, 5.41) is 0.466. The molecular weight excluding hydrogens is 225 g/mol. The van der Waals surface area contributed by atoms with Gasteiger partial charge in [-0.25, -0.2) is 4.39 Å². The molecule has 2 nitrogen and oxygen atoms in total. The second kappa shape index (κ2) is 4.63. The first-order chi connectivity index (χ1) is 7.61. The fourth-order valence-electron chi connectivity index (χ4n) is 2.01. The molecule has 2 atom stereocenters. The highest BCUT2D eigenvalue weighted by Gasteiger charge is 2.23. The van der Waals surface area contributed by atoms with Crippen molar-refractivity contribution in [1.82, 2.24) is 0 Å². The van der Waals surface area contributed by atoms with E-state index < -0.39 is 0 Å². The Labute approximate surface area is 99.4 Å². The molecule has 2 rings (SSSR count).